The summed E-state index contributed by atoms with van der Waals surface area (Å²) in [5, 5.41) is 3.22. The molecule has 0 aromatic heterocycles. The fourth-order valence-electron chi connectivity index (χ4n) is 2.64. The molecule has 0 bridgehead atoms. The van der Waals surface area contributed by atoms with Gasteiger partial charge in [-0.25, -0.2) is 8.42 Å². The molecule has 3 nitrogen and oxygen atoms in total. The fourth-order valence-corrected chi connectivity index (χ4v) is 3.53. The number of nitrogens with one attached hydrogen (secondary N) is 1. The van der Waals surface area contributed by atoms with Gasteiger partial charge in [-0.15, -0.1) is 0 Å². The maximum absolute atomic E-state index is 12.7. The lowest BCUT2D eigenvalue weighted by molar-refractivity contribution is 0.235. The van der Waals surface area contributed by atoms with Crippen LogP contribution >= 0.6 is 0 Å². The number of para-hydroxylation sites is 1. The smallest absolute Gasteiger partial charge is 0.341 e. The molecule has 0 radical (unpaired) electrons. The Morgan fingerprint density at radius 1 is 1.05 bits per heavy atom. The standard InChI is InChI=1S/C14H17F2NO2S/c15-14(16)20(18,19)12-4-2-1-3-11(12)17-13(9-5-6-9)10-7-8-10/h1-4,9-10,13-14,17H,5-8H2. The highest BCUT2D eigenvalue weighted by Crippen LogP contribution is 2.46. The van der Waals surface area contributed by atoms with E-state index >= 15 is 0 Å². The summed E-state index contributed by atoms with van der Waals surface area (Å²) in [6.45, 7) is 0. The van der Waals surface area contributed by atoms with E-state index in [2.05, 4.69) is 5.32 Å². The van der Waals surface area contributed by atoms with Crippen molar-refractivity contribution in [2.75, 3.05) is 5.32 Å². The molecule has 2 aliphatic rings. The van der Waals surface area contributed by atoms with Gasteiger partial charge in [0.05, 0.1) is 10.6 Å². The average molecular weight is 301 g/mol. The number of sulfone groups is 1. The van der Waals surface area contributed by atoms with E-state index in [9.17, 15) is 17.2 Å². The van der Waals surface area contributed by atoms with E-state index in [1.165, 1.54) is 12.1 Å². The zero-order chi connectivity index (χ0) is 14.3. The maximum Gasteiger partial charge on any atom is 0.341 e. The molecule has 2 fully saturated rings. The predicted molar refractivity (Wildman–Crippen MR) is 72.5 cm³/mol. The second-order valence-electron chi connectivity index (χ2n) is 5.65. The van der Waals surface area contributed by atoms with Gasteiger partial charge in [-0.3, -0.25) is 0 Å². The van der Waals surface area contributed by atoms with Gasteiger partial charge < -0.3 is 5.32 Å². The van der Waals surface area contributed by atoms with Crippen LogP contribution in [0.5, 0.6) is 0 Å². The van der Waals surface area contributed by atoms with E-state index in [1.807, 2.05) is 0 Å². The van der Waals surface area contributed by atoms with Gasteiger partial charge in [-0.05, 0) is 49.7 Å². The first-order valence-corrected chi connectivity index (χ1v) is 8.42. The molecule has 110 valence electrons. The minimum atomic E-state index is -4.56. The van der Waals surface area contributed by atoms with Crippen LogP contribution in [0.25, 0.3) is 0 Å². The van der Waals surface area contributed by atoms with Gasteiger partial charge in [0.25, 0.3) is 0 Å². The molecule has 1 aromatic carbocycles. The van der Waals surface area contributed by atoms with Gasteiger partial charge in [-0.2, -0.15) is 8.78 Å². The lowest BCUT2D eigenvalue weighted by Crippen LogP contribution is -2.26. The van der Waals surface area contributed by atoms with E-state index in [1.54, 1.807) is 12.1 Å². The van der Waals surface area contributed by atoms with Crippen LogP contribution in [-0.2, 0) is 9.84 Å². The Kier molecular flexibility index (Phi) is 3.44. The molecule has 0 amide bonds. The molecule has 2 aliphatic carbocycles. The van der Waals surface area contributed by atoms with Crippen LogP contribution in [0, 0.1) is 11.8 Å². The zero-order valence-electron chi connectivity index (χ0n) is 10.9. The quantitative estimate of drug-likeness (QED) is 0.877. The Labute approximate surface area is 117 Å². The molecule has 0 atom stereocenters. The summed E-state index contributed by atoms with van der Waals surface area (Å²) in [6.07, 6.45) is 4.55. The molecule has 1 aromatic rings. The van der Waals surface area contributed by atoms with E-state index in [0.29, 0.717) is 17.5 Å². The summed E-state index contributed by atoms with van der Waals surface area (Å²) in [6, 6.07) is 6.20. The lowest BCUT2D eigenvalue weighted by atomic mass is 10.1. The van der Waals surface area contributed by atoms with E-state index in [4.69, 9.17) is 0 Å². The highest BCUT2D eigenvalue weighted by Gasteiger charge is 2.42. The van der Waals surface area contributed by atoms with Gasteiger partial charge in [0.15, 0.2) is 0 Å². The zero-order valence-corrected chi connectivity index (χ0v) is 11.7. The summed E-state index contributed by atoms with van der Waals surface area (Å²) in [5.41, 5.74) is 0.316. The number of benzene rings is 1. The second kappa shape index (κ2) is 4.98. The molecular formula is C14H17F2NO2S. The van der Waals surface area contributed by atoms with Crippen LogP contribution in [0.1, 0.15) is 25.7 Å². The van der Waals surface area contributed by atoms with Crippen LogP contribution in [0.15, 0.2) is 29.2 Å². The normalized spacial score (nSPS) is 19.6. The Hall–Kier alpha value is -1.17. The van der Waals surface area contributed by atoms with Crippen molar-refractivity contribution in [3.05, 3.63) is 24.3 Å². The van der Waals surface area contributed by atoms with Gasteiger partial charge in [0, 0.05) is 6.04 Å². The number of halogens is 2. The van der Waals surface area contributed by atoms with Crippen molar-refractivity contribution >= 4 is 15.5 Å². The predicted octanol–water partition coefficient (Wildman–Crippen LogP) is 3.28. The topological polar surface area (TPSA) is 46.2 Å². The molecular weight excluding hydrogens is 284 g/mol. The molecule has 0 unspecified atom stereocenters. The fraction of sp³-hybridized carbons (Fsp3) is 0.571. The van der Waals surface area contributed by atoms with Gasteiger partial charge in [-0.1, -0.05) is 12.1 Å². The lowest BCUT2D eigenvalue weighted by Gasteiger charge is -2.21. The average Bonchev–Trinajstić information content (AvgIpc) is 3.28. The summed E-state index contributed by atoms with van der Waals surface area (Å²) < 4.78 is 48.9. The molecule has 20 heavy (non-hydrogen) atoms. The van der Waals surface area contributed by atoms with Crippen LogP contribution < -0.4 is 5.32 Å². The maximum atomic E-state index is 12.7. The van der Waals surface area contributed by atoms with Crippen molar-refractivity contribution in [2.24, 2.45) is 11.8 Å². The minimum absolute atomic E-state index is 0.226. The van der Waals surface area contributed by atoms with Crippen LogP contribution in [0.4, 0.5) is 14.5 Å². The van der Waals surface area contributed by atoms with Crippen molar-refractivity contribution < 1.29 is 17.2 Å². The molecule has 1 N–H and O–H groups in total. The number of hydrogen-bond donors (Lipinski definition) is 1. The molecule has 0 saturated heterocycles. The molecule has 0 spiro atoms. The number of rotatable bonds is 6. The van der Waals surface area contributed by atoms with E-state index < -0.39 is 15.6 Å². The van der Waals surface area contributed by atoms with Crippen molar-refractivity contribution in [3.8, 4) is 0 Å². The Bertz CT molecular complexity index is 583. The van der Waals surface area contributed by atoms with Crippen molar-refractivity contribution in [3.63, 3.8) is 0 Å². The molecule has 0 aliphatic heterocycles. The molecule has 0 heterocycles. The molecule has 3 rings (SSSR count). The first-order chi connectivity index (χ1) is 9.50. The number of anilines is 1. The third-order valence-corrected chi connectivity index (χ3v) is 5.45. The summed E-state index contributed by atoms with van der Waals surface area (Å²) in [7, 11) is -4.56. The van der Waals surface area contributed by atoms with Crippen LogP contribution in [0.3, 0.4) is 0 Å². The Morgan fingerprint density at radius 3 is 2.10 bits per heavy atom. The van der Waals surface area contributed by atoms with Gasteiger partial charge >= 0.3 is 5.76 Å². The van der Waals surface area contributed by atoms with Crippen molar-refractivity contribution in [1.29, 1.82) is 0 Å². The molecule has 6 heteroatoms. The van der Waals surface area contributed by atoms with Gasteiger partial charge in [0.1, 0.15) is 0 Å². The van der Waals surface area contributed by atoms with Crippen LogP contribution in [-0.4, -0.2) is 20.2 Å². The van der Waals surface area contributed by atoms with Crippen molar-refractivity contribution in [2.45, 2.75) is 42.4 Å². The largest absolute Gasteiger partial charge is 0.381 e. The van der Waals surface area contributed by atoms with Crippen molar-refractivity contribution in [1.82, 2.24) is 0 Å². The first-order valence-electron chi connectivity index (χ1n) is 6.88. The number of hydrogen-bond acceptors (Lipinski definition) is 3. The van der Waals surface area contributed by atoms with E-state index in [0.717, 1.165) is 25.7 Å². The second-order valence-corrected chi connectivity index (χ2v) is 7.53. The third kappa shape index (κ3) is 2.66. The van der Waals surface area contributed by atoms with Gasteiger partial charge in [0.2, 0.25) is 9.84 Å². The minimum Gasteiger partial charge on any atom is -0.381 e. The third-order valence-electron chi connectivity index (χ3n) is 4.01. The highest BCUT2D eigenvalue weighted by molar-refractivity contribution is 7.91. The number of alkyl halides is 2. The SMILES string of the molecule is O=S(=O)(c1ccccc1NC(C1CC1)C1CC1)C(F)F. The highest BCUT2D eigenvalue weighted by atomic mass is 32.2. The summed E-state index contributed by atoms with van der Waals surface area (Å²) in [4.78, 5) is -0.290. The first kappa shape index (κ1) is 13.8. The Morgan fingerprint density at radius 2 is 1.60 bits per heavy atom. The molecule has 2 saturated carbocycles. The summed E-state index contributed by atoms with van der Waals surface area (Å²) in [5.74, 6) is -2.26. The van der Waals surface area contributed by atoms with Crippen LogP contribution in [0.2, 0.25) is 0 Å². The monoisotopic (exact) mass is 301 g/mol. The Balaban J connectivity index is 1.89. The van der Waals surface area contributed by atoms with E-state index in [-0.39, 0.29) is 10.9 Å². The summed E-state index contributed by atoms with van der Waals surface area (Å²) >= 11 is 0.